The maximum atomic E-state index is 12.0. The predicted molar refractivity (Wildman–Crippen MR) is 83.2 cm³/mol. The molecule has 1 saturated heterocycles. The van der Waals surface area contributed by atoms with Gasteiger partial charge in [0.05, 0.1) is 5.41 Å². The van der Waals surface area contributed by atoms with Gasteiger partial charge in [0.25, 0.3) is 0 Å². The first-order chi connectivity index (χ1) is 10.0. The molecule has 21 heavy (non-hydrogen) atoms. The Bertz CT molecular complexity index is 501. The molecule has 1 atom stereocenters. The summed E-state index contributed by atoms with van der Waals surface area (Å²) in [6, 6.07) is 9.42. The molecule has 0 spiro atoms. The highest BCUT2D eigenvalue weighted by molar-refractivity contribution is 5.95. The molecule has 0 bridgehead atoms. The number of rotatable bonds is 6. The lowest BCUT2D eigenvalue weighted by atomic mass is 9.89. The number of hydrogen-bond donors (Lipinski definition) is 1. The smallest absolute Gasteiger partial charge is 0.227 e. The molecule has 1 N–H and O–H groups in total. The summed E-state index contributed by atoms with van der Waals surface area (Å²) < 4.78 is 0. The quantitative estimate of drug-likeness (QED) is 0.816. The van der Waals surface area contributed by atoms with Gasteiger partial charge >= 0.3 is 0 Å². The molecule has 0 saturated carbocycles. The molecule has 2 rings (SSSR count). The first-order valence-electron chi connectivity index (χ1n) is 7.58. The third kappa shape index (κ3) is 3.91. The average molecular weight is 288 g/mol. The summed E-state index contributed by atoms with van der Waals surface area (Å²) in [7, 11) is 1.69. The van der Waals surface area contributed by atoms with E-state index in [4.69, 9.17) is 0 Å². The fourth-order valence-electron chi connectivity index (χ4n) is 2.97. The van der Waals surface area contributed by atoms with Gasteiger partial charge in [0.15, 0.2) is 5.78 Å². The van der Waals surface area contributed by atoms with Crippen molar-refractivity contribution < 1.29 is 9.59 Å². The van der Waals surface area contributed by atoms with Crippen LogP contribution >= 0.6 is 0 Å². The Morgan fingerprint density at radius 3 is 2.67 bits per heavy atom. The number of nitrogens with zero attached hydrogens (tertiary/aromatic N) is 1. The van der Waals surface area contributed by atoms with Gasteiger partial charge in [-0.25, -0.2) is 0 Å². The van der Waals surface area contributed by atoms with E-state index in [2.05, 4.69) is 10.2 Å². The molecule has 1 heterocycles. The molecular weight excluding hydrogens is 264 g/mol. The molecule has 1 amide bonds. The summed E-state index contributed by atoms with van der Waals surface area (Å²) in [6.45, 7) is 4.61. The molecular formula is C17H24N2O2. The number of benzene rings is 1. The monoisotopic (exact) mass is 288 g/mol. The van der Waals surface area contributed by atoms with Crippen molar-refractivity contribution in [1.29, 1.82) is 0 Å². The molecule has 1 aromatic rings. The van der Waals surface area contributed by atoms with Gasteiger partial charge in [0.2, 0.25) is 5.91 Å². The van der Waals surface area contributed by atoms with E-state index in [1.165, 1.54) is 0 Å². The van der Waals surface area contributed by atoms with Crippen LogP contribution in [0.25, 0.3) is 0 Å². The number of likely N-dealkylation sites (tertiary alicyclic amines) is 1. The number of carbonyl (C=O) groups excluding carboxylic acids is 2. The molecule has 0 aromatic heterocycles. The predicted octanol–water partition coefficient (Wildman–Crippen LogP) is 2.11. The van der Waals surface area contributed by atoms with Crippen molar-refractivity contribution in [2.45, 2.75) is 26.2 Å². The summed E-state index contributed by atoms with van der Waals surface area (Å²) in [5, 5.41) is 2.74. The average Bonchev–Trinajstić information content (AvgIpc) is 2.90. The first kappa shape index (κ1) is 15.7. The van der Waals surface area contributed by atoms with Crippen LogP contribution in [0.4, 0.5) is 0 Å². The van der Waals surface area contributed by atoms with Crippen LogP contribution in [0.15, 0.2) is 30.3 Å². The van der Waals surface area contributed by atoms with Gasteiger partial charge in [-0.05, 0) is 32.9 Å². The Hall–Kier alpha value is -1.68. The van der Waals surface area contributed by atoms with Crippen molar-refractivity contribution in [1.82, 2.24) is 10.2 Å². The van der Waals surface area contributed by atoms with Gasteiger partial charge in [0.1, 0.15) is 0 Å². The van der Waals surface area contributed by atoms with E-state index in [0.717, 1.165) is 38.0 Å². The van der Waals surface area contributed by atoms with Gasteiger partial charge in [-0.2, -0.15) is 0 Å². The molecule has 114 valence electrons. The van der Waals surface area contributed by atoms with Crippen molar-refractivity contribution in [3.8, 4) is 0 Å². The highest BCUT2D eigenvalue weighted by Crippen LogP contribution is 2.30. The number of Topliss-reactive ketones (excluding diaryl/α,β-unsaturated/α-hetero) is 1. The summed E-state index contributed by atoms with van der Waals surface area (Å²) in [5.74, 6) is 0.314. The number of carbonyl (C=O) groups is 2. The molecule has 1 unspecified atom stereocenters. The van der Waals surface area contributed by atoms with Gasteiger partial charge in [-0.3, -0.25) is 9.59 Å². The van der Waals surface area contributed by atoms with Gasteiger partial charge in [-0.1, -0.05) is 30.3 Å². The van der Waals surface area contributed by atoms with E-state index in [0.29, 0.717) is 6.42 Å². The van der Waals surface area contributed by atoms with Crippen LogP contribution in [-0.2, 0) is 4.79 Å². The number of amides is 1. The van der Waals surface area contributed by atoms with Gasteiger partial charge in [0, 0.05) is 25.6 Å². The zero-order valence-corrected chi connectivity index (χ0v) is 12.9. The Labute approximate surface area is 126 Å². The van der Waals surface area contributed by atoms with Crippen LogP contribution in [0.5, 0.6) is 0 Å². The van der Waals surface area contributed by atoms with Crippen LogP contribution in [-0.4, -0.2) is 43.3 Å². The van der Waals surface area contributed by atoms with E-state index >= 15 is 0 Å². The fraction of sp³-hybridized carbons (Fsp3) is 0.529. The largest absolute Gasteiger partial charge is 0.359 e. The van der Waals surface area contributed by atoms with Gasteiger partial charge in [-0.15, -0.1) is 0 Å². The lowest BCUT2D eigenvalue weighted by Crippen LogP contribution is -2.39. The molecule has 0 aliphatic carbocycles. The molecule has 4 nitrogen and oxygen atoms in total. The second-order valence-electron chi connectivity index (χ2n) is 6.06. The van der Waals surface area contributed by atoms with Crippen molar-refractivity contribution >= 4 is 11.7 Å². The van der Waals surface area contributed by atoms with Crippen LogP contribution in [0.2, 0.25) is 0 Å². The molecule has 1 aliphatic rings. The lowest BCUT2D eigenvalue weighted by molar-refractivity contribution is -0.129. The van der Waals surface area contributed by atoms with Crippen LogP contribution < -0.4 is 5.32 Å². The van der Waals surface area contributed by atoms with E-state index in [9.17, 15) is 9.59 Å². The minimum atomic E-state index is -0.280. The highest BCUT2D eigenvalue weighted by atomic mass is 16.2. The van der Waals surface area contributed by atoms with Crippen LogP contribution in [0, 0.1) is 5.41 Å². The third-order valence-corrected chi connectivity index (χ3v) is 4.30. The normalized spacial score (nSPS) is 22.2. The lowest BCUT2D eigenvalue weighted by Gasteiger charge is -2.22. The third-order valence-electron chi connectivity index (χ3n) is 4.30. The van der Waals surface area contributed by atoms with Gasteiger partial charge < -0.3 is 10.2 Å². The maximum Gasteiger partial charge on any atom is 0.227 e. The Morgan fingerprint density at radius 1 is 1.29 bits per heavy atom. The standard InChI is InChI=1S/C17H24N2O2/c1-17(16(21)18-2)10-12-19(13-17)11-6-9-15(20)14-7-4-3-5-8-14/h3-5,7-8H,6,9-13H2,1-2H3,(H,18,21). The SMILES string of the molecule is CNC(=O)C1(C)CCN(CCCC(=O)c2ccccc2)C1. The fourth-order valence-corrected chi connectivity index (χ4v) is 2.97. The van der Waals surface area contributed by atoms with E-state index < -0.39 is 0 Å². The van der Waals surface area contributed by atoms with Crippen LogP contribution in [0.1, 0.15) is 36.5 Å². The molecule has 0 radical (unpaired) electrons. The van der Waals surface area contributed by atoms with E-state index in [1.54, 1.807) is 7.05 Å². The topological polar surface area (TPSA) is 49.4 Å². The molecule has 1 aliphatic heterocycles. The zero-order chi connectivity index (χ0) is 15.3. The minimum Gasteiger partial charge on any atom is -0.359 e. The maximum absolute atomic E-state index is 12.0. The zero-order valence-electron chi connectivity index (χ0n) is 12.9. The van der Waals surface area contributed by atoms with Crippen molar-refractivity contribution in [3.05, 3.63) is 35.9 Å². The van der Waals surface area contributed by atoms with Crippen molar-refractivity contribution in [2.24, 2.45) is 5.41 Å². The molecule has 1 aromatic carbocycles. The Morgan fingerprint density at radius 2 is 2.00 bits per heavy atom. The first-order valence-corrected chi connectivity index (χ1v) is 7.58. The highest BCUT2D eigenvalue weighted by Gasteiger charge is 2.39. The second kappa shape index (κ2) is 6.85. The number of hydrogen-bond acceptors (Lipinski definition) is 3. The summed E-state index contributed by atoms with van der Waals surface area (Å²) >= 11 is 0. The molecule has 1 fully saturated rings. The number of ketones is 1. The second-order valence-corrected chi connectivity index (χ2v) is 6.06. The summed E-state index contributed by atoms with van der Waals surface area (Å²) in [6.07, 6.45) is 2.30. The van der Waals surface area contributed by atoms with Crippen LogP contribution in [0.3, 0.4) is 0 Å². The summed E-state index contributed by atoms with van der Waals surface area (Å²) in [5.41, 5.74) is 0.507. The van der Waals surface area contributed by atoms with E-state index in [-0.39, 0.29) is 17.1 Å². The molecule has 4 heteroatoms. The Balaban J connectivity index is 1.75. The van der Waals surface area contributed by atoms with Crippen molar-refractivity contribution in [2.75, 3.05) is 26.7 Å². The Kier molecular flexibility index (Phi) is 5.12. The number of nitrogens with one attached hydrogen (secondary N) is 1. The minimum absolute atomic E-state index is 0.116. The van der Waals surface area contributed by atoms with Crippen molar-refractivity contribution in [3.63, 3.8) is 0 Å². The summed E-state index contributed by atoms with van der Waals surface area (Å²) in [4.78, 5) is 26.2. The van der Waals surface area contributed by atoms with E-state index in [1.807, 2.05) is 37.3 Å².